The average molecular weight is 279 g/mol. The number of nitrogens with one attached hydrogen (secondary N) is 1. The van der Waals surface area contributed by atoms with Gasteiger partial charge in [0.1, 0.15) is 12.2 Å². The molecule has 0 aliphatic carbocycles. The highest BCUT2D eigenvalue weighted by Crippen LogP contribution is 2.16. The van der Waals surface area contributed by atoms with E-state index in [4.69, 9.17) is 0 Å². The summed E-state index contributed by atoms with van der Waals surface area (Å²) >= 11 is 0. The maximum atomic E-state index is 4.47. The molecule has 1 fully saturated rings. The largest absolute Gasteiger partial charge is 0.314 e. The smallest absolute Gasteiger partial charge is 0.141 e. The summed E-state index contributed by atoms with van der Waals surface area (Å²) in [5.41, 5.74) is 0. The number of hydrogen-bond donors (Lipinski definition) is 1. The maximum absolute atomic E-state index is 4.47. The minimum Gasteiger partial charge on any atom is -0.314 e. The first-order valence-corrected chi connectivity index (χ1v) is 7.87. The third kappa shape index (κ3) is 4.28. The van der Waals surface area contributed by atoms with Crippen molar-refractivity contribution in [3.8, 4) is 0 Å². The first kappa shape index (κ1) is 15.4. The van der Waals surface area contributed by atoms with Crippen LogP contribution in [-0.2, 0) is 13.1 Å². The molecule has 1 aliphatic rings. The van der Waals surface area contributed by atoms with E-state index in [0.717, 1.165) is 44.5 Å². The van der Waals surface area contributed by atoms with Crippen LogP contribution in [0, 0.1) is 11.8 Å². The van der Waals surface area contributed by atoms with Gasteiger partial charge in [0.2, 0.25) is 0 Å². The molecule has 114 valence electrons. The molecule has 1 unspecified atom stereocenters. The topological polar surface area (TPSA) is 46.0 Å². The van der Waals surface area contributed by atoms with Gasteiger partial charge in [-0.15, -0.1) is 0 Å². The Morgan fingerprint density at radius 1 is 1.30 bits per heavy atom. The fraction of sp³-hybridized carbons (Fsp3) is 0.867. The summed E-state index contributed by atoms with van der Waals surface area (Å²) in [6.45, 7) is 14.2. The van der Waals surface area contributed by atoms with Crippen LogP contribution in [0.15, 0.2) is 6.33 Å². The van der Waals surface area contributed by atoms with Gasteiger partial charge in [-0.3, -0.25) is 4.90 Å². The lowest BCUT2D eigenvalue weighted by Crippen LogP contribution is -2.51. The lowest BCUT2D eigenvalue weighted by atomic mass is 10.0. The highest BCUT2D eigenvalue weighted by Gasteiger charge is 2.24. The molecule has 1 aromatic heterocycles. The Morgan fingerprint density at radius 3 is 2.80 bits per heavy atom. The Morgan fingerprint density at radius 2 is 2.10 bits per heavy atom. The molecule has 5 heteroatoms. The molecule has 2 rings (SSSR count). The second kappa shape index (κ2) is 7.18. The lowest BCUT2D eigenvalue weighted by Gasteiger charge is -2.36. The predicted octanol–water partition coefficient (Wildman–Crippen LogP) is 1.75. The van der Waals surface area contributed by atoms with Crippen LogP contribution < -0.4 is 5.32 Å². The molecular weight excluding hydrogens is 250 g/mol. The minimum absolute atomic E-state index is 0.602. The minimum atomic E-state index is 0.602. The molecule has 5 nitrogen and oxygen atoms in total. The number of piperazine rings is 1. The molecule has 2 heterocycles. The molecule has 0 radical (unpaired) electrons. The van der Waals surface area contributed by atoms with Gasteiger partial charge in [-0.05, 0) is 18.3 Å². The van der Waals surface area contributed by atoms with Gasteiger partial charge in [0.25, 0.3) is 0 Å². The predicted molar refractivity (Wildman–Crippen MR) is 81.4 cm³/mol. The zero-order valence-corrected chi connectivity index (χ0v) is 13.3. The maximum Gasteiger partial charge on any atom is 0.141 e. The van der Waals surface area contributed by atoms with Gasteiger partial charge in [-0.2, -0.15) is 5.10 Å². The first-order chi connectivity index (χ1) is 9.56. The number of nitrogens with zero attached hydrogens (tertiary/aromatic N) is 4. The number of hydrogen-bond acceptors (Lipinski definition) is 4. The second-order valence-corrected chi connectivity index (χ2v) is 6.71. The summed E-state index contributed by atoms with van der Waals surface area (Å²) in [6, 6.07) is 0.618. The van der Waals surface area contributed by atoms with Gasteiger partial charge in [0.15, 0.2) is 0 Å². The molecule has 1 atom stereocenters. The van der Waals surface area contributed by atoms with Crippen molar-refractivity contribution in [1.29, 1.82) is 0 Å². The van der Waals surface area contributed by atoms with Gasteiger partial charge >= 0.3 is 0 Å². The standard InChI is InChI=1S/C15H29N5/c1-12(2)7-14-8-16-5-6-19(14)10-15-17-11-18-20(15)9-13(3)4/h11-14,16H,5-10H2,1-4H3. The zero-order valence-electron chi connectivity index (χ0n) is 13.3. The Labute approximate surface area is 122 Å². The molecule has 0 bridgehead atoms. The molecule has 0 saturated carbocycles. The van der Waals surface area contributed by atoms with E-state index in [9.17, 15) is 0 Å². The normalized spacial score (nSPS) is 21.0. The van der Waals surface area contributed by atoms with Crippen LogP contribution in [0.3, 0.4) is 0 Å². The van der Waals surface area contributed by atoms with Gasteiger partial charge in [-0.1, -0.05) is 27.7 Å². The van der Waals surface area contributed by atoms with Crippen molar-refractivity contribution in [3.05, 3.63) is 12.2 Å². The molecular formula is C15H29N5. The SMILES string of the molecule is CC(C)CC1CNCCN1Cc1ncnn1CC(C)C. The van der Waals surface area contributed by atoms with Crippen LogP contribution in [0.1, 0.15) is 39.9 Å². The van der Waals surface area contributed by atoms with Crippen LogP contribution in [0.5, 0.6) is 0 Å². The monoisotopic (exact) mass is 279 g/mol. The summed E-state index contributed by atoms with van der Waals surface area (Å²) < 4.78 is 2.07. The number of aromatic nitrogens is 3. The van der Waals surface area contributed by atoms with Crippen molar-refractivity contribution in [2.75, 3.05) is 19.6 Å². The summed E-state index contributed by atoms with van der Waals surface area (Å²) in [7, 11) is 0. The van der Waals surface area contributed by atoms with E-state index < -0.39 is 0 Å². The van der Waals surface area contributed by atoms with Gasteiger partial charge < -0.3 is 5.32 Å². The summed E-state index contributed by atoms with van der Waals surface area (Å²) in [6.07, 6.45) is 2.93. The molecule has 1 N–H and O–H groups in total. The molecule has 1 aromatic rings. The Hall–Kier alpha value is -0.940. The fourth-order valence-corrected chi connectivity index (χ4v) is 2.88. The summed E-state index contributed by atoms with van der Waals surface area (Å²) in [5, 5.41) is 7.88. The molecule has 0 aromatic carbocycles. The first-order valence-electron chi connectivity index (χ1n) is 7.87. The Balaban J connectivity index is 2.01. The zero-order chi connectivity index (χ0) is 14.5. The van der Waals surface area contributed by atoms with Crippen molar-refractivity contribution in [1.82, 2.24) is 25.0 Å². The third-order valence-electron chi connectivity index (χ3n) is 3.79. The molecule has 1 aliphatic heterocycles. The summed E-state index contributed by atoms with van der Waals surface area (Å²) in [4.78, 5) is 7.03. The highest BCUT2D eigenvalue weighted by molar-refractivity contribution is 4.89. The van der Waals surface area contributed by atoms with E-state index >= 15 is 0 Å². The van der Waals surface area contributed by atoms with E-state index in [0.29, 0.717) is 12.0 Å². The van der Waals surface area contributed by atoms with Crippen molar-refractivity contribution >= 4 is 0 Å². The van der Waals surface area contributed by atoms with Gasteiger partial charge in [0, 0.05) is 32.2 Å². The van der Waals surface area contributed by atoms with E-state index in [1.54, 1.807) is 6.33 Å². The van der Waals surface area contributed by atoms with Crippen LogP contribution >= 0.6 is 0 Å². The lowest BCUT2D eigenvalue weighted by molar-refractivity contribution is 0.128. The molecule has 0 amide bonds. The Bertz CT molecular complexity index is 399. The van der Waals surface area contributed by atoms with Crippen LogP contribution in [0.2, 0.25) is 0 Å². The van der Waals surface area contributed by atoms with E-state index in [-0.39, 0.29) is 0 Å². The quantitative estimate of drug-likeness (QED) is 0.862. The van der Waals surface area contributed by atoms with Crippen molar-refractivity contribution < 1.29 is 0 Å². The van der Waals surface area contributed by atoms with Crippen LogP contribution in [0.25, 0.3) is 0 Å². The highest BCUT2D eigenvalue weighted by atomic mass is 15.4. The summed E-state index contributed by atoms with van der Waals surface area (Å²) in [5.74, 6) is 2.44. The van der Waals surface area contributed by atoms with E-state index in [2.05, 4.69) is 52.7 Å². The van der Waals surface area contributed by atoms with Crippen molar-refractivity contribution in [2.45, 2.75) is 53.2 Å². The molecule has 1 saturated heterocycles. The third-order valence-corrected chi connectivity index (χ3v) is 3.79. The van der Waals surface area contributed by atoms with Crippen LogP contribution in [-0.4, -0.2) is 45.3 Å². The number of rotatable bonds is 6. The van der Waals surface area contributed by atoms with Gasteiger partial charge in [0.05, 0.1) is 6.54 Å². The van der Waals surface area contributed by atoms with Crippen molar-refractivity contribution in [3.63, 3.8) is 0 Å². The van der Waals surface area contributed by atoms with Gasteiger partial charge in [-0.25, -0.2) is 9.67 Å². The molecule has 20 heavy (non-hydrogen) atoms. The Kier molecular flexibility index (Phi) is 5.54. The van der Waals surface area contributed by atoms with Crippen LogP contribution in [0.4, 0.5) is 0 Å². The second-order valence-electron chi connectivity index (χ2n) is 6.71. The van der Waals surface area contributed by atoms with E-state index in [1.807, 2.05) is 0 Å². The average Bonchev–Trinajstić information content (AvgIpc) is 2.78. The fourth-order valence-electron chi connectivity index (χ4n) is 2.88. The molecule has 0 spiro atoms. The van der Waals surface area contributed by atoms with E-state index in [1.165, 1.54) is 6.42 Å². The van der Waals surface area contributed by atoms with Crippen molar-refractivity contribution in [2.24, 2.45) is 11.8 Å².